The van der Waals surface area contributed by atoms with Gasteiger partial charge in [-0.2, -0.15) is 9.97 Å². The lowest BCUT2D eigenvalue weighted by atomic mass is 10.2. The Morgan fingerprint density at radius 3 is 2.06 bits per heavy atom. The molecule has 2 aromatic rings. The Balaban J connectivity index is 1.10. The highest BCUT2D eigenvalue weighted by Crippen LogP contribution is 2.59. The van der Waals surface area contributed by atoms with E-state index in [4.69, 9.17) is 41.0 Å². The molecule has 50 heavy (non-hydrogen) atoms. The lowest BCUT2D eigenvalue weighted by Crippen LogP contribution is -2.38. The molecule has 0 radical (unpaired) electrons. The van der Waals surface area contributed by atoms with Crippen LogP contribution in [0.15, 0.2) is 57.2 Å². The Labute approximate surface area is 278 Å². The predicted molar refractivity (Wildman–Crippen MR) is 160 cm³/mol. The minimum absolute atomic E-state index is 0.216. The van der Waals surface area contributed by atoms with E-state index in [1.54, 1.807) is 0 Å². The van der Waals surface area contributed by atoms with E-state index >= 15 is 0 Å². The highest BCUT2D eigenvalue weighted by molar-refractivity contribution is 5.93. The van der Waals surface area contributed by atoms with Gasteiger partial charge >= 0.3 is 17.3 Å². The van der Waals surface area contributed by atoms with Crippen LogP contribution in [0.5, 0.6) is 0 Å². The van der Waals surface area contributed by atoms with Crippen molar-refractivity contribution in [3.05, 3.63) is 68.5 Å². The molecule has 1 fully saturated rings. The second-order valence-electron chi connectivity index (χ2n) is 11.3. The zero-order valence-corrected chi connectivity index (χ0v) is 25.5. The van der Waals surface area contributed by atoms with Gasteiger partial charge in [0.1, 0.15) is 36.9 Å². The number of nitrogens with zero attached hydrogens (tertiary/aromatic N) is 4. The maximum absolute atomic E-state index is 12.5. The maximum atomic E-state index is 12.5. The number of carbonyl (C=O) groups is 3. The van der Waals surface area contributed by atoms with Gasteiger partial charge in [-0.25, -0.2) is 9.59 Å². The number of aliphatic hydroxyl groups excluding tert-OH is 5. The van der Waals surface area contributed by atoms with Crippen LogP contribution in [0.3, 0.4) is 0 Å². The lowest BCUT2D eigenvalue weighted by Gasteiger charge is -2.18. The van der Waals surface area contributed by atoms with Gasteiger partial charge in [0.15, 0.2) is 53.4 Å². The third-order valence-corrected chi connectivity index (χ3v) is 7.85. The van der Waals surface area contributed by atoms with Gasteiger partial charge in [-0.1, -0.05) is 0 Å². The second-order valence-corrected chi connectivity index (χ2v) is 11.3. The molecule has 2 aromatic heterocycles. The zero-order valence-electron chi connectivity index (χ0n) is 25.5. The lowest BCUT2D eigenvalue weighted by molar-refractivity contribution is -0.151. The number of aromatic nitrogens is 4. The van der Waals surface area contributed by atoms with Gasteiger partial charge in [0.2, 0.25) is 11.8 Å². The molecule has 23 heteroatoms. The molecular formula is C27H32N8O15. The molecule has 1 aliphatic carbocycles. The molecule has 2 unspecified atom stereocenters. The summed E-state index contributed by atoms with van der Waals surface area (Å²) in [5.74, 6) is -5.65. The highest BCUT2D eigenvalue weighted by atomic mass is 16.6. The van der Waals surface area contributed by atoms with Crippen LogP contribution in [-0.2, 0) is 28.6 Å². The zero-order chi connectivity index (χ0) is 36.7. The first-order valence-electron chi connectivity index (χ1n) is 14.6. The molecule has 2 aliphatic heterocycles. The summed E-state index contributed by atoms with van der Waals surface area (Å²) in [5.41, 5.74) is 7.27. The number of hydrogen-bond acceptors (Lipinski definition) is 19. The van der Waals surface area contributed by atoms with Crippen molar-refractivity contribution in [3.8, 4) is 0 Å². The minimum atomic E-state index is -1.95. The summed E-state index contributed by atoms with van der Waals surface area (Å²) >= 11 is 0. The number of ether oxygens (including phenoxy) is 3. The highest BCUT2D eigenvalue weighted by Gasteiger charge is 2.75. The molecule has 0 bridgehead atoms. The monoisotopic (exact) mass is 708 g/mol. The minimum Gasteiger partial charge on any atom is -0.506 e. The van der Waals surface area contributed by atoms with Gasteiger partial charge in [0, 0.05) is 18.8 Å². The Bertz CT molecular complexity index is 1880. The topological polar surface area (TPSA) is 366 Å². The quantitative estimate of drug-likeness (QED) is 0.0688. The molecule has 7 atom stereocenters. The van der Waals surface area contributed by atoms with Crippen LogP contribution in [0, 0.1) is 0 Å². The van der Waals surface area contributed by atoms with Crippen molar-refractivity contribution >= 4 is 29.4 Å². The summed E-state index contributed by atoms with van der Waals surface area (Å²) in [4.78, 5) is 69.3. The van der Waals surface area contributed by atoms with Crippen molar-refractivity contribution in [1.82, 2.24) is 19.1 Å². The van der Waals surface area contributed by atoms with Crippen LogP contribution < -0.4 is 33.5 Å². The third-order valence-electron chi connectivity index (χ3n) is 7.85. The molecule has 23 nitrogen and oxygen atoms in total. The van der Waals surface area contributed by atoms with Crippen LogP contribution in [0.25, 0.3) is 0 Å². The first-order valence-corrected chi connectivity index (χ1v) is 14.6. The van der Waals surface area contributed by atoms with Crippen LogP contribution in [0.4, 0.5) is 11.6 Å². The van der Waals surface area contributed by atoms with Gasteiger partial charge in [-0.3, -0.25) is 23.5 Å². The number of fused-ring (bicyclic) bond motifs is 1. The first kappa shape index (κ1) is 35.9. The predicted octanol–water partition coefficient (Wildman–Crippen LogP) is -4.66. The molecule has 13 N–H and O–H groups in total. The Hall–Kier alpha value is -5.43. The number of carbonyl (C=O) groups excluding carboxylic acids is 3. The Kier molecular flexibility index (Phi) is 9.92. The third kappa shape index (κ3) is 6.86. The van der Waals surface area contributed by atoms with Gasteiger partial charge in [-0.05, 0) is 12.1 Å². The van der Waals surface area contributed by atoms with Gasteiger partial charge in [0.25, 0.3) is 0 Å². The van der Waals surface area contributed by atoms with Gasteiger partial charge in [0.05, 0.1) is 12.5 Å². The summed E-state index contributed by atoms with van der Waals surface area (Å²) in [6.45, 7) is -1.36. The van der Waals surface area contributed by atoms with E-state index in [0.29, 0.717) is 0 Å². The normalized spacial score (nSPS) is 25.2. The fourth-order valence-corrected chi connectivity index (χ4v) is 5.16. The number of esters is 1. The molecule has 3 aliphatic rings. The van der Waals surface area contributed by atoms with Crippen molar-refractivity contribution in [2.24, 2.45) is 11.5 Å². The summed E-state index contributed by atoms with van der Waals surface area (Å²) in [6.07, 6.45) is -4.97. The maximum Gasteiger partial charge on any atom is 0.352 e. The SMILES string of the molecule is N[C@@H](CC(=O)Nc1ccn([C@@H]2C3OC(CO)=C(O)C32O)c(=O)n1)C(=O)OC[C@H]1O[C@@H](n2ccc(NC(=O)C[C@H](N)C(O)O)nc2=O)C(O)=C1O. The molecule has 0 saturated heterocycles. The van der Waals surface area contributed by atoms with E-state index in [9.17, 15) is 44.4 Å². The second kappa shape index (κ2) is 13.8. The van der Waals surface area contributed by atoms with E-state index < -0.39 is 121 Å². The fraction of sp³-hybridized carbons (Fsp3) is 0.444. The molecular weight excluding hydrogens is 676 g/mol. The van der Waals surface area contributed by atoms with E-state index in [1.165, 1.54) is 12.3 Å². The molecule has 1 saturated carbocycles. The van der Waals surface area contributed by atoms with Gasteiger partial charge < -0.3 is 72.1 Å². The van der Waals surface area contributed by atoms with Crippen molar-refractivity contribution < 1.29 is 64.3 Å². The number of hydrogen-bond donors (Lipinski definition) is 11. The van der Waals surface area contributed by atoms with Crippen molar-refractivity contribution in [3.63, 3.8) is 0 Å². The van der Waals surface area contributed by atoms with E-state index in [1.807, 2.05) is 0 Å². The summed E-state index contributed by atoms with van der Waals surface area (Å²) in [7, 11) is 0. The molecule has 4 heterocycles. The van der Waals surface area contributed by atoms with E-state index in [-0.39, 0.29) is 17.4 Å². The molecule has 270 valence electrons. The van der Waals surface area contributed by atoms with Crippen LogP contribution in [0.2, 0.25) is 0 Å². The number of amides is 2. The number of aliphatic hydroxyl groups is 7. The smallest absolute Gasteiger partial charge is 0.352 e. The van der Waals surface area contributed by atoms with E-state index in [0.717, 1.165) is 21.4 Å². The number of rotatable bonds is 13. The summed E-state index contributed by atoms with van der Waals surface area (Å²) in [6, 6.07) is -1.53. The Morgan fingerprint density at radius 2 is 1.54 bits per heavy atom. The first-order chi connectivity index (χ1) is 23.6. The standard InChI is InChI=1S/C27H32N8O15/c28-9(23(42)43)5-15(37)30-14-2-4-35(26(46)33-14)22-18(40)17(39)12(50-22)8-48-24(44)10(29)6-16(38)31-13-1-3-34(25(45)32-13)19-21-27(19,47)20(41)11(7-36)49-21/h1-4,9-10,12,19,21-23,36,39-43,47H,5-8,28-29H2,(H,30,33,37,46)(H,31,32,38,45)/t9-,10-,12+,19+,21?,22+,27?/m0/s1. The number of nitrogens with two attached hydrogens (primary N) is 2. The number of anilines is 2. The molecule has 0 aromatic carbocycles. The van der Waals surface area contributed by atoms with Crippen LogP contribution >= 0.6 is 0 Å². The Morgan fingerprint density at radius 1 is 0.960 bits per heavy atom. The molecule has 5 rings (SSSR count). The fourth-order valence-electron chi connectivity index (χ4n) is 5.16. The number of nitrogens with one attached hydrogen (secondary N) is 2. The molecule has 2 amide bonds. The molecule has 0 spiro atoms. The van der Waals surface area contributed by atoms with E-state index in [2.05, 4.69) is 20.6 Å². The largest absolute Gasteiger partial charge is 0.506 e. The summed E-state index contributed by atoms with van der Waals surface area (Å²) < 4.78 is 17.4. The van der Waals surface area contributed by atoms with Crippen LogP contribution in [0.1, 0.15) is 25.1 Å². The van der Waals surface area contributed by atoms with Crippen molar-refractivity contribution in [2.45, 2.75) is 61.3 Å². The van der Waals surface area contributed by atoms with Crippen molar-refractivity contribution in [1.29, 1.82) is 0 Å². The summed E-state index contributed by atoms with van der Waals surface area (Å²) in [5, 5.41) is 73.0. The van der Waals surface area contributed by atoms with Gasteiger partial charge in [-0.15, -0.1) is 0 Å². The van der Waals surface area contributed by atoms with Crippen molar-refractivity contribution in [2.75, 3.05) is 23.8 Å². The van der Waals surface area contributed by atoms with Crippen LogP contribution in [-0.4, -0.2) is 122 Å². The average Bonchev–Trinajstić information content (AvgIpc) is 3.41. The average molecular weight is 709 g/mol.